The van der Waals surface area contributed by atoms with Crippen LogP contribution in [0.4, 0.5) is 13.2 Å². The zero-order valence-corrected chi connectivity index (χ0v) is 14.6. The van der Waals surface area contributed by atoms with Gasteiger partial charge in [0.25, 0.3) is 0 Å². The third-order valence-corrected chi connectivity index (χ3v) is 4.38. The van der Waals surface area contributed by atoms with Gasteiger partial charge in [-0.2, -0.15) is 8.78 Å². The summed E-state index contributed by atoms with van der Waals surface area (Å²) < 4.78 is 46.6. The molecule has 0 saturated heterocycles. The number of fused-ring (bicyclic) bond motifs is 1. The normalized spacial score (nSPS) is 12.9. The maximum atomic E-state index is 13.6. The Morgan fingerprint density at radius 1 is 1.12 bits per heavy atom. The number of alkyl halides is 2. The van der Waals surface area contributed by atoms with Gasteiger partial charge in [0, 0.05) is 6.54 Å². The van der Waals surface area contributed by atoms with Crippen LogP contribution in [0.1, 0.15) is 25.3 Å². The van der Waals surface area contributed by atoms with Crippen molar-refractivity contribution in [3.63, 3.8) is 0 Å². The van der Waals surface area contributed by atoms with Crippen LogP contribution in [0.2, 0.25) is 0 Å². The predicted octanol–water partition coefficient (Wildman–Crippen LogP) is 4.64. The molecule has 3 aromatic rings. The molecule has 4 nitrogen and oxygen atoms in total. The van der Waals surface area contributed by atoms with E-state index in [2.05, 4.69) is 4.98 Å². The molecule has 1 atom stereocenters. The molecule has 0 aliphatic heterocycles. The van der Waals surface area contributed by atoms with E-state index in [1.807, 2.05) is 18.9 Å². The third-order valence-electron chi connectivity index (χ3n) is 4.38. The Morgan fingerprint density at radius 2 is 1.81 bits per heavy atom. The fourth-order valence-electron chi connectivity index (χ4n) is 2.79. The van der Waals surface area contributed by atoms with E-state index in [4.69, 9.17) is 4.74 Å². The van der Waals surface area contributed by atoms with Gasteiger partial charge in [0.05, 0.1) is 17.1 Å². The summed E-state index contributed by atoms with van der Waals surface area (Å²) in [6, 6.07) is 12.3. The summed E-state index contributed by atoms with van der Waals surface area (Å²) in [5.74, 6) is 0.548. The largest absolute Gasteiger partial charge is 0.492 e. The van der Waals surface area contributed by atoms with Crippen LogP contribution in [0, 0.1) is 5.82 Å². The van der Waals surface area contributed by atoms with Gasteiger partial charge in [-0.15, -0.1) is 0 Å². The van der Waals surface area contributed by atoms with Crippen molar-refractivity contribution in [3.8, 4) is 5.75 Å². The molecule has 1 aromatic heterocycles. The highest BCUT2D eigenvalue weighted by Gasteiger charge is 2.24. The smallest absolute Gasteiger partial charge is 0.320 e. The van der Waals surface area contributed by atoms with Crippen LogP contribution in [0.5, 0.6) is 5.75 Å². The number of imidazole rings is 1. The number of hydrogen-bond donors (Lipinski definition) is 0. The van der Waals surface area contributed by atoms with Crippen LogP contribution in [0.15, 0.2) is 48.5 Å². The predicted molar refractivity (Wildman–Crippen MR) is 93.9 cm³/mol. The molecule has 0 aliphatic rings. The van der Waals surface area contributed by atoms with E-state index in [9.17, 15) is 13.2 Å². The number of nitrogens with zero attached hydrogens (tertiary/aromatic N) is 3. The van der Waals surface area contributed by atoms with E-state index in [1.165, 1.54) is 12.1 Å². The van der Waals surface area contributed by atoms with Crippen molar-refractivity contribution in [2.75, 3.05) is 20.2 Å². The summed E-state index contributed by atoms with van der Waals surface area (Å²) in [6.45, 7) is 0.0216. The first-order chi connectivity index (χ1) is 12.5. The zero-order valence-electron chi connectivity index (χ0n) is 14.6. The molecular formula is C19H20F3N3O. The summed E-state index contributed by atoms with van der Waals surface area (Å²) in [5.41, 5.74) is 0.964. The van der Waals surface area contributed by atoms with Crippen molar-refractivity contribution >= 4 is 11.0 Å². The summed E-state index contributed by atoms with van der Waals surface area (Å²) in [5, 5.41) is 0. The number of rotatable bonds is 7. The lowest BCUT2D eigenvalue weighted by Gasteiger charge is -2.25. The standard InChI is InChI=1S/C19H20F3N3O/c1-13(24(2)11-12-26-15-9-7-14(20)8-10-15)18-23-16-5-3-4-6-17(16)25(18)19(21)22/h3-10,13,19H,11-12H2,1-2H3. The van der Waals surface area contributed by atoms with Crippen molar-refractivity contribution in [1.29, 1.82) is 0 Å². The summed E-state index contributed by atoms with van der Waals surface area (Å²) in [4.78, 5) is 6.28. The maximum absolute atomic E-state index is 13.6. The van der Waals surface area contributed by atoms with E-state index >= 15 is 0 Å². The van der Waals surface area contributed by atoms with E-state index in [1.54, 1.807) is 36.4 Å². The van der Waals surface area contributed by atoms with Gasteiger partial charge in [-0.3, -0.25) is 9.47 Å². The first-order valence-electron chi connectivity index (χ1n) is 8.31. The molecule has 1 heterocycles. The average Bonchev–Trinajstić information content (AvgIpc) is 3.02. The molecule has 0 aliphatic carbocycles. The molecule has 7 heteroatoms. The highest BCUT2D eigenvalue weighted by Crippen LogP contribution is 2.28. The molecule has 138 valence electrons. The lowest BCUT2D eigenvalue weighted by atomic mass is 10.2. The Morgan fingerprint density at radius 3 is 2.50 bits per heavy atom. The van der Waals surface area contributed by atoms with Gasteiger partial charge in [0.15, 0.2) is 0 Å². The minimum Gasteiger partial charge on any atom is -0.492 e. The summed E-state index contributed by atoms with van der Waals surface area (Å²) >= 11 is 0. The van der Waals surface area contributed by atoms with Crippen LogP contribution in [0.25, 0.3) is 11.0 Å². The molecule has 3 rings (SSSR count). The van der Waals surface area contributed by atoms with Crippen molar-refractivity contribution in [2.45, 2.75) is 19.5 Å². The summed E-state index contributed by atoms with van der Waals surface area (Å²) in [7, 11) is 1.83. The summed E-state index contributed by atoms with van der Waals surface area (Å²) in [6.07, 6.45) is 0. The van der Waals surface area contributed by atoms with E-state index in [0.29, 0.717) is 35.8 Å². The highest BCUT2D eigenvalue weighted by molar-refractivity contribution is 5.76. The third kappa shape index (κ3) is 3.83. The van der Waals surface area contributed by atoms with Gasteiger partial charge in [0.1, 0.15) is 24.0 Å². The van der Waals surface area contributed by atoms with Gasteiger partial charge in [-0.1, -0.05) is 12.1 Å². The Kier molecular flexibility index (Phi) is 5.46. The van der Waals surface area contributed by atoms with E-state index in [-0.39, 0.29) is 11.9 Å². The van der Waals surface area contributed by atoms with Gasteiger partial charge in [0.2, 0.25) is 0 Å². The fraction of sp³-hybridized carbons (Fsp3) is 0.316. The molecule has 2 aromatic carbocycles. The number of hydrogen-bond acceptors (Lipinski definition) is 3. The molecular weight excluding hydrogens is 343 g/mol. The second-order valence-corrected chi connectivity index (χ2v) is 6.07. The van der Waals surface area contributed by atoms with Crippen LogP contribution in [0.3, 0.4) is 0 Å². The Bertz CT molecular complexity index is 864. The van der Waals surface area contributed by atoms with Crippen molar-refractivity contribution in [3.05, 3.63) is 60.2 Å². The van der Waals surface area contributed by atoms with Crippen molar-refractivity contribution in [2.24, 2.45) is 0 Å². The Balaban J connectivity index is 1.70. The monoisotopic (exact) mass is 363 g/mol. The SMILES string of the molecule is CC(c1nc2ccccc2n1C(F)F)N(C)CCOc1ccc(F)cc1. The number of halogens is 3. The number of para-hydroxylation sites is 2. The zero-order chi connectivity index (χ0) is 18.7. The number of ether oxygens (including phenoxy) is 1. The first kappa shape index (κ1) is 18.3. The highest BCUT2D eigenvalue weighted by atomic mass is 19.3. The average molecular weight is 363 g/mol. The number of likely N-dealkylation sites (N-methyl/N-ethyl adjacent to an activating group) is 1. The number of aromatic nitrogens is 2. The Hall–Kier alpha value is -2.54. The van der Waals surface area contributed by atoms with Crippen molar-refractivity contribution < 1.29 is 17.9 Å². The maximum Gasteiger partial charge on any atom is 0.320 e. The van der Waals surface area contributed by atoms with Crippen LogP contribution in [-0.4, -0.2) is 34.7 Å². The fourth-order valence-corrected chi connectivity index (χ4v) is 2.79. The lowest BCUT2D eigenvalue weighted by Crippen LogP contribution is -2.29. The first-order valence-corrected chi connectivity index (χ1v) is 8.31. The molecule has 0 N–H and O–H groups in total. The molecule has 26 heavy (non-hydrogen) atoms. The van der Waals surface area contributed by atoms with Crippen LogP contribution >= 0.6 is 0 Å². The quantitative estimate of drug-likeness (QED) is 0.612. The molecule has 0 amide bonds. The van der Waals surface area contributed by atoms with Gasteiger partial charge in [-0.25, -0.2) is 9.37 Å². The second kappa shape index (κ2) is 7.78. The van der Waals surface area contributed by atoms with Gasteiger partial charge < -0.3 is 4.74 Å². The molecule has 0 radical (unpaired) electrons. The van der Waals surface area contributed by atoms with Crippen LogP contribution in [-0.2, 0) is 0 Å². The van der Waals surface area contributed by atoms with Crippen LogP contribution < -0.4 is 4.74 Å². The topological polar surface area (TPSA) is 30.3 Å². The molecule has 0 bridgehead atoms. The second-order valence-electron chi connectivity index (χ2n) is 6.07. The lowest BCUT2D eigenvalue weighted by molar-refractivity contribution is 0.0654. The number of benzene rings is 2. The molecule has 0 saturated carbocycles. The van der Waals surface area contributed by atoms with Crippen molar-refractivity contribution in [1.82, 2.24) is 14.5 Å². The minimum atomic E-state index is -2.66. The Labute approximate surface area is 149 Å². The molecule has 0 fully saturated rings. The molecule has 1 unspecified atom stereocenters. The van der Waals surface area contributed by atoms with E-state index < -0.39 is 6.55 Å². The minimum absolute atomic E-state index is 0.311. The van der Waals surface area contributed by atoms with Gasteiger partial charge in [-0.05, 0) is 50.4 Å². The molecule has 0 spiro atoms. The van der Waals surface area contributed by atoms with E-state index in [0.717, 1.165) is 4.57 Å². The van der Waals surface area contributed by atoms with Gasteiger partial charge >= 0.3 is 6.55 Å².